The van der Waals surface area contributed by atoms with Crippen molar-refractivity contribution < 1.29 is 33.4 Å². The summed E-state index contributed by atoms with van der Waals surface area (Å²) in [6, 6.07) is 53.4. The standard InChI is InChI=1S/C27H29N7O2.C25H28N6O2.C25H24N6O.C24H26N6O2/c1-17-5-8-21(16-30-17)36-20-9-11-28-23(15-20)22-10-12-29-27(32-22)31-19-7-6-18-13-25(26(35)33(2)3)34(4)24(18)14-19;1-5-6-13-33-19-9-11-26-21(16-19)20-10-12-27-25(29-20)28-18-8-7-17-14-23(24(32)30(2)3)31(4)22(17)15-18;1-6-25(2,3)17-9-11-26-21(14-17)19-10-12-27-24(30-19)28-18-8-7-16-13-22(23(32)31(4)5)29-20(16)15-18;1-5-12-32-18-8-10-25-20(15-18)19-9-11-26-24(28-19)27-17-7-6-16-13-22(23(31)29(2)3)30(4)21(16)14-17/h6-7,9-15,21,30H,1,5,8,16H2,2-4H3,(H,29,31,32);7-12,14-16H,5-6,13H2,1-4H3,(H,27,28,29);1,7-15,29H,2-5H3,(H,27,28,30);6-11,13-15H,5,12H2,1-4H3,(H,26,27,28)/t21-;;;/m0.../s1. The number of terminal acetylenes is 1. The van der Waals surface area contributed by atoms with Crippen LogP contribution in [-0.2, 0) is 26.6 Å². The van der Waals surface area contributed by atoms with Crippen molar-refractivity contribution >= 4 is 114 Å². The number of aromatic amines is 1. The van der Waals surface area contributed by atoms with Crippen molar-refractivity contribution in [1.82, 2.24) is 103 Å². The Morgan fingerprint density at radius 1 is 0.436 bits per heavy atom. The average molecular weight is 1780 g/mol. The second-order valence-electron chi connectivity index (χ2n) is 33.1. The molecule has 0 aliphatic carbocycles. The molecule has 1 aliphatic heterocycles. The largest absolute Gasteiger partial charge is 0.493 e. The SMILES string of the molecule is C#CC(C)(C)c1ccnc(-c2ccnc(Nc3ccc4cc(C(=O)N(C)C)[nH]c4c3)n2)c1.C=C1CC[C@H](Oc2ccnc(-c3ccnc(Nc4ccc5cc(C(=O)N(C)C)n(C)c5c4)n3)c2)CN1.CCCCOc1ccnc(-c2ccnc(Nc3ccc4cc(C(=O)N(C)C)n(C)c4c3)n2)c1.CCCOc1ccnc(-c2ccnc(Nc3ccc4cc(C(=O)N(C)C)n(C)c4c3)n2)c1. The Labute approximate surface area is 771 Å². The molecule has 0 radical (unpaired) electrons. The number of fused-ring (bicyclic) bond motifs is 4. The van der Waals surface area contributed by atoms with Gasteiger partial charge in [-0.3, -0.25) is 39.1 Å². The first-order valence-electron chi connectivity index (χ1n) is 43.4. The summed E-state index contributed by atoms with van der Waals surface area (Å²) in [5.74, 6) is 6.75. The molecule has 12 aromatic heterocycles. The Bertz CT molecular complexity index is 6970. The lowest BCUT2D eigenvalue weighted by Gasteiger charge is -2.26. The molecule has 0 unspecified atom stereocenters. The molecule has 0 saturated carbocycles. The Morgan fingerprint density at radius 3 is 1.19 bits per heavy atom. The van der Waals surface area contributed by atoms with Gasteiger partial charge in [-0.2, -0.15) is 0 Å². The summed E-state index contributed by atoms with van der Waals surface area (Å²) in [5.41, 5.74) is 16.7. The minimum Gasteiger partial charge on any atom is -0.493 e. The van der Waals surface area contributed by atoms with E-state index in [1.165, 1.54) is 4.90 Å². The molecule has 1 fully saturated rings. The van der Waals surface area contributed by atoms with Gasteiger partial charge < -0.3 is 79.1 Å². The summed E-state index contributed by atoms with van der Waals surface area (Å²) in [5, 5.41) is 20.2. The topological polar surface area (TPSA) is 354 Å². The van der Waals surface area contributed by atoms with Gasteiger partial charge in [0.25, 0.3) is 23.6 Å². The number of nitrogens with zero attached hydrogens (tertiary/aromatic N) is 19. The number of aromatic nitrogens is 16. The van der Waals surface area contributed by atoms with Crippen LogP contribution in [0.25, 0.3) is 89.2 Å². The Hall–Kier alpha value is -16.5. The lowest BCUT2D eigenvalue weighted by molar-refractivity contribution is 0.0811. The fourth-order valence-corrected chi connectivity index (χ4v) is 14.4. The molecule has 32 nitrogen and oxygen atoms in total. The molecule has 678 valence electrons. The predicted molar refractivity (Wildman–Crippen MR) is 522 cm³/mol. The van der Waals surface area contributed by atoms with Crippen molar-refractivity contribution in [2.45, 2.75) is 71.3 Å². The monoisotopic (exact) mass is 1780 g/mol. The summed E-state index contributed by atoms with van der Waals surface area (Å²) >= 11 is 0. The van der Waals surface area contributed by atoms with Gasteiger partial charge in [0.2, 0.25) is 23.8 Å². The number of rotatable bonds is 26. The van der Waals surface area contributed by atoms with Crippen LogP contribution in [-0.4, -0.2) is 204 Å². The number of nitrogens with one attached hydrogen (secondary N) is 6. The zero-order valence-corrected chi connectivity index (χ0v) is 77.2. The second kappa shape index (κ2) is 41.8. The first kappa shape index (κ1) is 92.7. The first-order valence-corrected chi connectivity index (χ1v) is 43.4. The second-order valence-corrected chi connectivity index (χ2v) is 33.1. The number of ether oxygens (including phenoxy) is 3. The van der Waals surface area contributed by atoms with E-state index in [2.05, 4.69) is 118 Å². The molecule has 4 aromatic carbocycles. The summed E-state index contributed by atoms with van der Waals surface area (Å²) in [7, 11) is 19.6. The molecule has 4 amide bonds. The highest BCUT2D eigenvalue weighted by Gasteiger charge is 2.24. The number of benzene rings is 4. The number of allylic oxidation sites excluding steroid dienone is 1. The highest BCUT2D eigenvalue weighted by Crippen LogP contribution is 2.34. The molecular weight excluding hydrogens is 1680 g/mol. The molecule has 13 heterocycles. The van der Waals surface area contributed by atoms with Crippen LogP contribution >= 0.6 is 0 Å². The molecular formula is C101H107N25O7. The number of pyridine rings is 4. The van der Waals surface area contributed by atoms with Gasteiger partial charge in [-0.1, -0.05) is 57.0 Å². The number of anilines is 8. The maximum absolute atomic E-state index is 12.5. The van der Waals surface area contributed by atoms with Crippen molar-refractivity contribution in [3.05, 3.63) is 260 Å². The van der Waals surface area contributed by atoms with Crippen LogP contribution in [0, 0.1) is 12.3 Å². The van der Waals surface area contributed by atoms with Crippen molar-refractivity contribution in [3.63, 3.8) is 0 Å². The molecule has 1 saturated heterocycles. The van der Waals surface area contributed by atoms with E-state index < -0.39 is 5.41 Å². The summed E-state index contributed by atoms with van der Waals surface area (Å²) in [6.45, 7) is 14.2. The maximum atomic E-state index is 12.5. The molecule has 6 N–H and O–H groups in total. The normalized spacial score (nSPS) is 12.2. The van der Waals surface area contributed by atoms with E-state index in [0.717, 1.165) is 145 Å². The van der Waals surface area contributed by atoms with Crippen LogP contribution in [0.1, 0.15) is 107 Å². The molecule has 16 aromatic rings. The lowest BCUT2D eigenvalue weighted by atomic mass is 9.86. The highest BCUT2D eigenvalue weighted by atomic mass is 16.5. The van der Waals surface area contributed by atoms with Crippen LogP contribution in [0.2, 0.25) is 0 Å². The highest BCUT2D eigenvalue weighted by molar-refractivity contribution is 6.02. The molecule has 1 atom stereocenters. The van der Waals surface area contributed by atoms with Crippen molar-refractivity contribution in [2.75, 3.05) is 97.4 Å². The quantitative estimate of drug-likeness (QED) is 0.0217. The number of unbranched alkanes of at least 4 members (excludes halogenated alkanes) is 1. The van der Waals surface area contributed by atoms with Gasteiger partial charge >= 0.3 is 0 Å². The number of hydrogen-bond acceptors (Lipinski definition) is 24. The number of H-pyrrole nitrogens is 1. The number of piperidine rings is 1. The maximum Gasteiger partial charge on any atom is 0.269 e. The van der Waals surface area contributed by atoms with E-state index in [4.69, 9.17) is 20.6 Å². The van der Waals surface area contributed by atoms with Gasteiger partial charge in [-0.25, -0.2) is 39.9 Å². The number of amides is 4. The van der Waals surface area contributed by atoms with Gasteiger partial charge in [-0.15, -0.1) is 6.42 Å². The zero-order valence-electron chi connectivity index (χ0n) is 77.2. The third-order valence-corrected chi connectivity index (χ3v) is 21.9. The molecule has 0 spiro atoms. The smallest absolute Gasteiger partial charge is 0.269 e. The minimum atomic E-state index is -0.399. The van der Waals surface area contributed by atoms with E-state index in [-0.39, 0.29) is 29.7 Å². The third kappa shape index (κ3) is 22.8. The Balaban J connectivity index is 0.000000143. The van der Waals surface area contributed by atoms with E-state index in [1.807, 2.05) is 219 Å². The summed E-state index contributed by atoms with van der Waals surface area (Å²) in [4.78, 5) is 113. The zero-order chi connectivity index (χ0) is 94.1. The first-order chi connectivity index (χ1) is 64.0. The van der Waals surface area contributed by atoms with Crippen LogP contribution in [0.3, 0.4) is 0 Å². The van der Waals surface area contributed by atoms with Gasteiger partial charge in [-0.05, 0) is 172 Å². The van der Waals surface area contributed by atoms with Gasteiger partial charge in [0, 0.05) is 201 Å². The van der Waals surface area contributed by atoms with E-state index >= 15 is 0 Å². The fraction of sp³-hybridized carbons (Fsp3) is 0.248. The molecule has 133 heavy (non-hydrogen) atoms. The summed E-state index contributed by atoms with van der Waals surface area (Å²) < 4.78 is 23.3. The van der Waals surface area contributed by atoms with Crippen LogP contribution in [0.4, 0.5) is 46.5 Å². The molecule has 32 heteroatoms. The van der Waals surface area contributed by atoms with Crippen molar-refractivity contribution in [3.8, 4) is 75.1 Å². The van der Waals surface area contributed by atoms with Gasteiger partial charge in [0.05, 0.1) is 87.3 Å². The van der Waals surface area contributed by atoms with Crippen LogP contribution in [0.5, 0.6) is 17.2 Å². The number of carbonyl (C=O) groups excluding carboxylic acids is 4. The van der Waals surface area contributed by atoms with Crippen LogP contribution < -0.4 is 40.8 Å². The number of hydrogen-bond donors (Lipinski definition) is 6. The third-order valence-electron chi connectivity index (χ3n) is 21.9. The number of aryl methyl sites for hydroxylation is 3. The van der Waals surface area contributed by atoms with Crippen molar-refractivity contribution in [1.29, 1.82) is 0 Å². The van der Waals surface area contributed by atoms with Crippen molar-refractivity contribution in [2.24, 2.45) is 21.1 Å². The Kier molecular flexibility index (Phi) is 29.1. The van der Waals surface area contributed by atoms with Gasteiger partial charge in [0.1, 0.15) is 46.1 Å². The van der Waals surface area contributed by atoms with Gasteiger partial charge in [0.15, 0.2) is 0 Å². The Morgan fingerprint density at radius 2 is 0.805 bits per heavy atom. The summed E-state index contributed by atoms with van der Waals surface area (Å²) in [6.07, 6.45) is 24.3. The van der Waals surface area contributed by atoms with Crippen LogP contribution in [0.15, 0.2) is 232 Å². The minimum absolute atomic E-state index is 0.0346. The predicted octanol–water partition coefficient (Wildman–Crippen LogP) is 17.4. The van der Waals surface area contributed by atoms with E-state index in [0.29, 0.717) is 93.9 Å². The average Bonchev–Trinajstić information content (AvgIpc) is 1.65. The molecule has 17 rings (SSSR count). The fourth-order valence-electron chi connectivity index (χ4n) is 14.4. The van der Waals surface area contributed by atoms with E-state index in [1.54, 1.807) is 121 Å². The molecule has 0 bridgehead atoms. The molecule has 1 aliphatic rings. The lowest BCUT2D eigenvalue weighted by Crippen LogP contribution is -2.35. The van der Waals surface area contributed by atoms with E-state index in [9.17, 15) is 19.2 Å². The number of carbonyl (C=O) groups is 4.